The third kappa shape index (κ3) is 3.58. The zero-order valence-corrected chi connectivity index (χ0v) is 15.0. The molecule has 8 nitrogen and oxygen atoms in total. The summed E-state index contributed by atoms with van der Waals surface area (Å²) < 4.78 is 10.6. The second-order valence-electron chi connectivity index (χ2n) is 6.72. The Morgan fingerprint density at radius 3 is 2.85 bits per heavy atom. The van der Waals surface area contributed by atoms with Gasteiger partial charge in [0.25, 0.3) is 5.91 Å². The molecule has 1 atom stereocenters. The van der Waals surface area contributed by atoms with Gasteiger partial charge in [-0.05, 0) is 31.0 Å². The molecule has 2 aliphatic rings. The van der Waals surface area contributed by atoms with Crippen molar-refractivity contribution < 1.29 is 23.9 Å². The summed E-state index contributed by atoms with van der Waals surface area (Å²) in [5, 5.41) is 5.42. The van der Waals surface area contributed by atoms with Crippen LogP contribution in [0, 0.1) is 0 Å². The van der Waals surface area contributed by atoms with E-state index < -0.39 is 17.5 Å². The quantitative estimate of drug-likeness (QED) is 0.562. The zero-order chi connectivity index (χ0) is 18.7. The molecule has 0 radical (unpaired) electrons. The van der Waals surface area contributed by atoms with E-state index in [1.165, 1.54) is 0 Å². The van der Waals surface area contributed by atoms with E-state index in [1.54, 1.807) is 19.1 Å². The van der Waals surface area contributed by atoms with E-state index in [4.69, 9.17) is 9.47 Å². The highest BCUT2D eigenvalue weighted by Gasteiger charge is 2.48. The Morgan fingerprint density at radius 1 is 1.31 bits per heavy atom. The highest BCUT2D eigenvalue weighted by Crippen LogP contribution is 2.34. The lowest BCUT2D eigenvalue weighted by Gasteiger charge is -2.21. The average Bonchev–Trinajstić information content (AvgIpc) is 3.13. The number of rotatable bonds is 7. The van der Waals surface area contributed by atoms with Gasteiger partial charge in [0.2, 0.25) is 12.7 Å². The smallest absolute Gasteiger partial charge is 0.325 e. The number of hydrogen-bond acceptors (Lipinski definition) is 5. The van der Waals surface area contributed by atoms with E-state index in [1.807, 2.05) is 13.0 Å². The minimum Gasteiger partial charge on any atom is -0.454 e. The summed E-state index contributed by atoms with van der Waals surface area (Å²) >= 11 is 0. The van der Waals surface area contributed by atoms with Crippen LogP contribution in [0.5, 0.6) is 11.5 Å². The molecule has 0 bridgehead atoms. The molecule has 0 saturated carbocycles. The first kappa shape index (κ1) is 18.0. The van der Waals surface area contributed by atoms with Crippen LogP contribution in [0.15, 0.2) is 18.2 Å². The maximum atomic E-state index is 12.7. The minimum atomic E-state index is -1.10. The molecule has 2 aliphatic heterocycles. The maximum absolute atomic E-state index is 12.7. The second-order valence-corrected chi connectivity index (χ2v) is 6.72. The van der Waals surface area contributed by atoms with Crippen LogP contribution in [-0.4, -0.2) is 48.2 Å². The van der Waals surface area contributed by atoms with Gasteiger partial charge in [-0.25, -0.2) is 4.79 Å². The number of imide groups is 1. The van der Waals surface area contributed by atoms with E-state index >= 15 is 0 Å². The second kappa shape index (κ2) is 7.23. The summed E-state index contributed by atoms with van der Waals surface area (Å²) in [4.78, 5) is 37.9. The van der Waals surface area contributed by atoms with Crippen molar-refractivity contribution in [3.8, 4) is 11.5 Å². The summed E-state index contributed by atoms with van der Waals surface area (Å²) in [7, 11) is 0. The fraction of sp³-hybridized carbons (Fsp3) is 0.500. The highest BCUT2D eigenvalue weighted by molar-refractivity contribution is 6.08. The highest BCUT2D eigenvalue weighted by atomic mass is 16.7. The van der Waals surface area contributed by atoms with Crippen molar-refractivity contribution in [2.45, 2.75) is 38.6 Å². The van der Waals surface area contributed by atoms with Gasteiger partial charge >= 0.3 is 6.03 Å². The summed E-state index contributed by atoms with van der Waals surface area (Å²) in [6.45, 7) is 4.11. The Kier molecular flexibility index (Phi) is 5.01. The van der Waals surface area contributed by atoms with Gasteiger partial charge in [-0.3, -0.25) is 14.5 Å². The molecule has 140 valence electrons. The molecule has 1 aromatic carbocycles. The number of unbranched alkanes of at least 4 members (excludes halogenated alkanes) is 1. The van der Waals surface area contributed by atoms with E-state index in [0.717, 1.165) is 23.3 Å². The zero-order valence-electron chi connectivity index (χ0n) is 15.0. The summed E-state index contributed by atoms with van der Waals surface area (Å²) in [5.74, 6) is 0.529. The van der Waals surface area contributed by atoms with Crippen molar-refractivity contribution in [2.75, 3.05) is 19.9 Å². The Labute approximate surface area is 151 Å². The van der Waals surface area contributed by atoms with Crippen LogP contribution in [0.1, 0.15) is 32.3 Å². The van der Waals surface area contributed by atoms with E-state index in [9.17, 15) is 14.4 Å². The van der Waals surface area contributed by atoms with E-state index in [-0.39, 0.29) is 19.2 Å². The molecule has 0 aliphatic carbocycles. The van der Waals surface area contributed by atoms with Crippen molar-refractivity contribution in [3.63, 3.8) is 0 Å². The number of carbonyl (C=O) groups excluding carboxylic acids is 3. The molecular weight excluding hydrogens is 338 g/mol. The first-order chi connectivity index (χ1) is 12.4. The molecule has 2 heterocycles. The lowest BCUT2D eigenvalue weighted by molar-refractivity contribution is -0.134. The van der Waals surface area contributed by atoms with Gasteiger partial charge in [0.15, 0.2) is 11.5 Å². The van der Waals surface area contributed by atoms with Gasteiger partial charge in [0.05, 0.1) is 0 Å². The molecule has 8 heteroatoms. The van der Waals surface area contributed by atoms with Crippen LogP contribution < -0.4 is 20.1 Å². The molecule has 26 heavy (non-hydrogen) atoms. The summed E-state index contributed by atoms with van der Waals surface area (Å²) in [5.41, 5.74) is -0.270. The largest absolute Gasteiger partial charge is 0.454 e. The van der Waals surface area contributed by atoms with Crippen LogP contribution in [0.4, 0.5) is 4.79 Å². The number of benzene rings is 1. The van der Waals surface area contributed by atoms with Crippen molar-refractivity contribution >= 4 is 17.8 Å². The van der Waals surface area contributed by atoms with E-state index in [0.29, 0.717) is 24.5 Å². The van der Waals surface area contributed by atoms with Gasteiger partial charge in [-0.2, -0.15) is 0 Å². The average molecular weight is 361 g/mol. The Balaban J connectivity index is 1.66. The van der Waals surface area contributed by atoms with Gasteiger partial charge < -0.3 is 20.1 Å². The van der Waals surface area contributed by atoms with Crippen molar-refractivity contribution in [1.29, 1.82) is 0 Å². The standard InChI is InChI=1S/C18H23N3O5/c1-3-4-7-19-15(22)10-21-16(23)18(2,20-17(21)24)9-12-5-6-13-14(8-12)26-11-25-13/h5-6,8H,3-4,7,9-11H2,1-2H3,(H,19,22)(H,20,24)/t18-/m1/s1. The molecular formula is C18H23N3O5. The van der Waals surface area contributed by atoms with Gasteiger partial charge in [0, 0.05) is 13.0 Å². The topological polar surface area (TPSA) is 97.0 Å². The van der Waals surface area contributed by atoms with Gasteiger partial charge in [0.1, 0.15) is 12.1 Å². The normalized spacial score (nSPS) is 21.1. The number of nitrogens with one attached hydrogen (secondary N) is 2. The van der Waals surface area contributed by atoms with Gasteiger partial charge in [-0.15, -0.1) is 0 Å². The number of hydrogen-bond donors (Lipinski definition) is 2. The van der Waals surface area contributed by atoms with Crippen LogP contribution >= 0.6 is 0 Å². The third-order valence-electron chi connectivity index (χ3n) is 4.49. The molecule has 2 N–H and O–H groups in total. The molecule has 3 rings (SSSR count). The number of amides is 4. The number of ether oxygens (including phenoxy) is 2. The molecule has 1 fully saturated rings. The lowest BCUT2D eigenvalue weighted by atomic mass is 9.92. The van der Waals surface area contributed by atoms with E-state index in [2.05, 4.69) is 10.6 Å². The number of fused-ring (bicyclic) bond motifs is 1. The fourth-order valence-electron chi connectivity index (χ4n) is 3.07. The van der Waals surface area contributed by atoms with Crippen LogP contribution in [-0.2, 0) is 16.0 Å². The number of carbonyl (C=O) groups is 3. The third-order valence-corrected chi connectivity index (χ3v) is 4.49. The fourth-order valence-corrected chi connectivity index (χ4v) is 3.07. The van der Waals surface area contributed by atoms with Crippen molar-refractivity contribution in [1.82, 2.24) is 15.5 Å². The lowest BCUT2D eigenvalue weighted by Crippen LogP contribution is -2.46. The van der Waals surface area contributed by atoms with Gasteiger partial charge in [-0.1, -0.05) is 19.4 Å². The Morgan fingerprint density at radius 2 is 2.08 bits per heavy atom. The van der Waals surface area contributed by atoms with Crippen molar-refractivity contribution in [2.24, 2.45) is 0 Å². The molecule has 1 saturated heterocycles. The monoisotopic (exact) mass is 361 g/mol. The first-order valence-corrected chi connectivity index (χ1v) is 8.72. The SMILES string of the molecule is CCCCNC(=O)CN1C(=O)N[C@](C)(Cc2ccc3c(c2)OCO3)C1=O. The molecule has 0 unspecified atom stereocenters. The first-order valence-electron chi connectivity index (χ1n) is 8.72. The Bertz CT molecular complexity index is 736. The minimum absolute atomic E-state index is 0.173. The van der Waals surface area contributed by atoms with Crippen LogP contribution in [0.2, 0.25) is 0 Å². The van der Waals surface area contributed by atoms with Crippen LogP contribution in [0.25, 0.3) is 0 Å². The predicted molar refractivity (Wildman–Crippen MR) is 92.8 cm³/mol. The molecule has 0 spiro atoms. The summed E-state index contributed by atoms with van der Waals surface area (Å²) in [6.07, 6.45) is 2.10. The molecule has 4 amide bonds. The Hall–Kier alpha value is -2.77. The van der Waals surface area contributed by atoms with Crippen LogP contribution in [0.3, 0.4) is 0 Å². The number of urea groups is 1. The maximum Gasteiger partial charge on any atom is 0.325 e. The van der Waals surface area contributed by atoms with Crippen molar-refractivity contribution in [3.05, 3.63) is 23.8 Å². The molecule has 1 aromatic rings. The number of nitrogens with zero attached hydrogens (tertiary/aromatic N) is 1. The summed E-state index contributed by atoms with van der Waals surface area (Å²) in [6, 6.07) is 4.86. The molecule has 0 aromatic heterocycles. The predicted octanol–water partition coefficient (Wildman–Crippen LogP) is 1.18.